The van der Waals surface area contributed by atoms with Crippen LogP contribution in [0, 0.1) is 0 Å². The largest absolute Gasteiger partial charge is 0.348 e. The molecular weight excluding hydrogens is 222 g/mol. The van der Waals surface area contributed by atoms with Crippen molar-refractivity contribution in [3.05, 3.63) is 35.9 Å². The lowest BCUT2D eigenvalue weighted by molar-refractivity contribution is -0.158. The van der Waals surface area contributed by atoms with E-state index in [-0.39, 0.29) is 12.3 Å². The Hall–Kier alpha value is -1.72. The van der Waals surface area contributed by atoms with Crippen LogP contribution in [-0.2, 0) is 14.3 Å². The monoisotopic (exact) mass is 237 g/mol. The molecule has 1 aromatic carbocycles. The molecule has 5 heteroatoms. The summed E-state index contributed by atoms with van der Waals surface area (Å²) in [5.74, 6) is -0.635. The summed E-state index contributed by atoms with van der Waals surface area (Å²) in [5, 5.41) is 2.44. The maximum atomic E-state index is 11.7. The zero-order valence-electron chi connectivity index (χ0n) is 9.80. The zero-order chi connectivity index (χ0) is 12.7. The first-order chi connectivity index (χ1) is 8.19. The van der Waals surface area contributed by atoms with Gasteiger partial charge in [0.1, 0.15) is 0 Å². The quantitative estimate of drug-likeness (QED) is 0.581. The van der Waals surface area contributed by atoms with Gasteiger partial charge in [-0.2, -0.15) is 0 Å². The maximum absolute atomic E-state index is 11.7. The van der Waals surface area contributed by atoms with E-state index in [9.17, 15) is 9.59 Å². The number of hydrogen-bond donors (Lipinski definition) is 1. The van der Waals surface area contributed by atoms with Crippen molar-refractivity contribution in [2.24, 2.45) is 0 Å². The fourth-order valence-electron chi connectivity index (χ4n) is 1.29. The van der Waals surface area contributed by atoms with Crippen LogP contribution in [0.4, 0.5) is 0 Å². The molecule has 0 bridgehead atoms. The third-order valence-electron chi connectivity index (χ3n) is 2.16. The highest BCUT2D eigenvalue weighted by Crippen LogP contribution is 1.99. The lowest BCUT2D eigenvalue weighted by atomic mass is 10.1. The lowest BCUT2D eigenvalue weighted by Crippen LogP contribution is -2.39. The van der Waals surface area contributed by atoms with Crippen molar-refractivity contribution in [1.29, 1.82) is 0 Å². The molecule has 17 heavy (non-hydrogen) atoms. The van der Waals surface area contributed by atoms with Crippen molar-refractivity contribution >= 4 is 11.7 Å². The summed E-state index contributed by atoms with van der Waals surface area (Å²) in [6.45, 7) is -0.0773. The van der Waals surface area contributed by atoms with Gasteiger partial charge in [-0.25, -0.2) is 0 Å². The second-order valence-electron chi connectivity index (χ2n) is 3.31. The van der Waals surface area contributed by atoms with Gasteiger partial charge in [-0.05, 0) is 0 Å². The van der Waals surface area contributed by atoms with Gasteiger partial charge in [0.15, 0.2) is 5.78 Å². The molecule has 0 unspecified atom stereocenters. The molecule has 0 saturated heterocycles. The molecule has 1 aromatic rings. The Morgan fingerprint density at radius 1 is 1.18 bits per heavy atom. The first-order valence-electron chi connectivity index (χ1n) is 5.10. The summed E-state index contributed by atoms with van der Waals surface area (Å²) < 4.78 is 9.51. The SMILES string of the molecule is COC(OC)C(=O)NCC(=O)c1ccccc1. The van der Waals surface area contributed by atoms with Gasteiger partial charge < -0.3 is 14.8 Å². The van der Waals surface area contributed by atoms with Gasteiger partial charge in [-0.15, -0.1) is 0 Å². The van der Waals surface area contributed by atoms with Crippen LogP contribution >= 0.6 is 0 Å². The number of carbonyl (C=O) groups excluding carboxylic acids is 2. The van der Waals surface area contributed by atoms with Crippen LogP contribution in [0.5, 0.6) is 0 Å². The number of ether oxygens (including phenoxy) is 2. The fraction of sp³-hybridized carbons (Fsp3) is 0.333. The Labute approximate surface area is 99.7 Å². The van der Waals surface area contributed by atoms with Crippen LogP contribution in [-0.4, -0.2) is 38.7 Å². The molecule has 0 aliphatic carbocycles. The highest BCUT2D eigenvalue weighted by molar-refractivity contribution is 5.99. The van der Waals surface area contributed by atoms with Gasteiger partial charge in [0.25, 0.3) is 5.91 Å². The van der Waals surface area contributed by atoms with Gasteiger partial charge in [-0.1, -0.05) is 30.3 Å². The van der Waals surface area contributed by atoms with E-state index >= 15 is 0 Å². The topological polar surface area (TPSA) is 64.6 Å². The third-order valence-corrected chi connectivity index (χ3v) is 2.16. The molecule has 1 N–H and O–H groups in total. The van der Waals surface area contributed by atoms with Crippen LogP contribution in [0.2, 0.25) is 0 Å². The van der Waals surface area contributed by atoms with E-state index in [1.165, 1.54) is 14.2 Å². The molecule has 1 rings (SSSR count). The van der Waals surface area contributed by atoms with E-state index in [0.717, 1.165) is 0 Å². The van der Waals surface area contributed by atoms with E-state index in [2.05, 4.69) is 5.32 Å². The molecule has 0 spiro atoms. The number of rotatable bonds is 6. The number of benzene rings is 1. The smallest absolute Gasteiger partial charge is 0.277 e. The van der Waals surface area contributed by atoms with Gasteiger partial charge >= 0.3 is 0 Å². The van der Waals surface area contributed by atoms with Crippen molar-refractivity contribution in [2.45, 2.75) is 6.29 Å². The summed E-state index contributed by atoms with van der Waals surface area (Å²) >= 11 is 0. The summed E-state index contributed by atoms with van der Waals surface area (Å²) in [5.41, 5.74) is 0.555. The van der Waals surface area contributed by atoms with E-state index in [0.29, 0.717) is 5.56 Å². The number of hydrogen-bond acceptors (Lipinski definition) is 4. The van der Waals surface area contributed by atoms with E-state index in [1.54, 1.807) is 24.3 Å². The second kappa shape index (κ2) is 6.78. The van der Waals surface area contributed by atoms with Gasteiger partial charge in [0, 0.05) is 19.8 Å². The maximum Gasteiger partial charge on any atom is 0.277 e. The number of amides is 1. The Morgan fingerprint density at radius 3 is 2.29 bits per heavy atom. The summed E-state index contributed by atoms with van der Waals surface area (Å²) in [4.78, 5) is 23.1. The molecular formula is C12H15NO4. The normalized spacial score (nSPS) is 10.3. The molecule has 0 heterocycles. The van der Waals surface area contributed by atoms with Gasteiger partial charge in [0.2, 0.25) is 6.29 Å². The first kappa shape index (κ1) is 13.3. The van der Waals surface area contributed by atoms with Crippen molar-refractivity contribution < 1.29 is 19.1 Å². The average Bonchev–Trinajstić information content (AvgIpc) is 2.38. The highest BCUT2D eigenvalue weighted by atomic mass is 16.7. The predicted molar refractivity (Wildman–Crippen MR) is 61.6 cm³/mol. The molecule has 0 radical (unpaired) electrons. The summed E-state index contributed by atoms with van der Waals surface area (Å²) in [6.07, 6.45) is -0.987. The molecule has 5 nitrogen and oxygen atoms in total. The minimum absolute atomic E-state index is 0.0773. The number of methoxy groups -OCH3 is 2. The minimum atomic E-state index is -0.987. The standard InChI is InChI=1S/C12H15NO4/c1-16-12(17-2)11(15)13-8-10(14)9-6-4-3-5-7-9/h3-7,12H,8H2,1-2H3,(H,13,15). The second-order valence-corrected chi connectivity index (χ2v) is 3.31. The van der Waals surface area contributed by atoms with E-state index < -0.39 is 12.2 Å². The van der Waals surface area contributed by atoms with Gasteiger partial charge in [-0.3, -0.25) is 9.59 Å². The summed E-state index contributed by atoms with van der Waals surface area (Å²) in [7, 11) is 2.71. The number of Topliss-reactive ketones (excluding diaryl/α,β-unsaturated/α-hetero) is 1. The van der Waals surface area contributed by atoms with Crippen molar-refractivity contribution in [3.63, 3.8) is 0 Å². The molecule has 1 amide bonds. The highest BCUT2D eigenvalue weighted by Gasteiger charge is 2.17. The van der Waals surface area contributed by atoms with Crippen molar-refractivity contribution in [3.8, 4) is 0 Å². The Kier molecular flexibility index (Phi) is 5.32. The van der Waals surface area contributed by atoms with Crippen LogP contribution in [0.1, 0.15) is 10.4 Å². The molecule has 0 atom stereocenters. The van der Waals surface area contributed by atoms with Crippen molar-refractivity contribution in [2.75, 3.05) is 20.8 Å². The van der Waals surface area contributed by atoms with Crippen molar-refractivity contribution in [1.82, 2.24) is 5.32 Å². The van der Waals surface area contributed by atoms with Crippen LogP contribution in [0.25, 0.3) is 0 Å². The summed E-state index contributed by atoms with van der Waals surface area (Å²) in [6, 6.07) is 8.74. The molecule has 0 aromatic heterocycles. The lowest BCUT2D eigenvalue weighted by Gasteiger charge is -2.12. The van der Waals surface area contributed by atoms with E-state index in [4.69, 9.17) is 9.47 Å². The molecule has 0 saturated carbocycles. The zero-order valence-corrected chi connectivity index (χ0v) is 9.80. The van der Waals surface area contributed by atoms with Crippen LogP contribution in [0.15, 0.2) is 30.3 Å². The fourth-order valence-corrected chi connectivity index (χ4v) is 1.29. The van der Waals surface area contributed by atoms with Crippen LogP contribution < -0.4 is 5.32 Å². The Morgan fingerprint density at radius 2 is 1.76 bits per heavy atom. The average molecular weight is 237 g/mol. The molecule has 92 valence electrons. The first-order valence-corrected chi connectivity index (χ1v) is 5.10. The molecule has 0 fully saturated rings. The Balaban J connectivity index is 2.46. The van der Waals surface area contributed by atoms with E-state index in [1.807, 2.05) is 6.07 Å². The molecule has 0 aliphatic rings. The Bertz CT molecular complexity index is 373. The van der Waals surface area contributed by atoms with Crippen LogP contribution in [0.3, 0.4) is 0 Å². The minimum Gasteiger partial charge on any atom is -0.348 e. The number of ketones is 1. The predicted octanol–water partition coefficient (Wildman–Crippen LogP) is 0.604. The number of carbonyl (C=O) groups is 2. The van der Waals surface area contributed by atoms with Gasteiger partial charge in [0.05, 0.1) is 6.54 Å². The number of nitrogens with one attached hydrogen (secondary N) is 1. The molecule has 0 aliphatic heterocycles. The third kappa shape index (κ3) is 3.97.